The number of nitrogens with one attached hydrogen (secondary N) is 1. The van der Waals surface area contributed by atoms with Crippen LogP contribution in [0.3, 0.4) is 0 Å². The van der Waals surface area contributed by atoms with Gasteiger partial charge in [0.05, 0.1) is 12.1 Å². The Morgan fingerprint density at radius 2 is 1.88 bits per heavy atom. The summed E-state index contributed by atoms with van der Waals surface area (Å²) in [7, 11) is 2.13. The number of aliphatic hydroxyl groups excluding tert-OH is 1. The number of hydrogen-bond donors (Lipinski definition) is 2. The maximum absolute atomic E-state index is 9.49. The molecule has 3 heteroatoms. The van der Waals surface area contributed by atoms with E-state index in [0.717, 1.165) is 19.5 Å². The van der Waals surface area contributed by atoms with E-state index in [9.17, 15) is 5.11 Å². The van der Waals surface area contributed by atoms with E-state index >= 15 is 0 Å². The van der Waals surface area contributed by atoms with E-state index in [-0.39, 0.29) is 12.1 Å². The van der Waals surface area contributed by atoms with Crippen LogP contribution in [0.4, 0.5) is 0 Å². The first kappa shape index (κ1) is 15.9. The molecule has 0 aromatic heterocycles. The van der Waals surface area contributed by atoms with E-state index in [1.807, 2.05) is 0 Å². The van der Waals surface area contributed by atoms with Gasteiger partial charge in [0, 0.05) is 12.6 Å². The number of hydrogen-bond acceptors (Lipinski definition) is 3. The van der Waals surface area contributed by atoms with Crippen molar-refractivity contribution in [2.45, 2.75) is 52.6 Å². The molecule has 98 valence electrons. The van der Waals surface area contributed by atoms with Gasteiger partial charge in [-0.3, -0.25) is 0 Å². The molecule has 0 bridgehead atoms. The summed E-state index contributed by atoms with van der Waals surface area (Å²) < 4.78 is 0. The van der Waals surface area contributed by atoms with Crippen molar-refractivity contribution in [3.63, 3.8) is 0 Å². The van der Waals surface area contributed by atoms with Crippen LogP contribution in [0.5, 0.6) is 0 Å². The van der Waals surface area contributed by atoms with Crippen LogP contribution in [-0.2, 0) is 0 Å². The fraction of sp³-hybridized carbons (Fsp3) is 1.00. The standard InChI is InChI=1S/C13H30N2O/c1-7-8-14-13(5,10-16)9-15(6)12(4)11(2)3/h11-12,14,16H,7-10H2,1-6H3. The Morgan fingerprint density at radius 3 is 2.25 bits per heavy atom. The van der Waals surface area contributed by atoms with E-state index in [0.29, 0.717) is 12.0 Å². The number of rotatable bonds is 8. The first-order valence-corrected chi connectivity index (χ1v) is 6.42. The van der Waals surface area contributed by atoms with E-state index in [1.165, 1.54) is 0 Å². The summed E-state index contributed by atoms with van der Waals surface area (Å²) in [6.45, 7) is 13.0. The number of aliphatic hydroxyl groups is 1. The fourth-order valence-corrected chi connectivity index (χ4v) is 1.79. The molecular weight excluding hydrogens is 200 g/mol. The van der Waals surface area contributed by atoms with Gasteiger partial charge in [-0.15, -0.1) is 0 Å². The first-order chi connectivity index (χ1) is 7.36. The van der Waals surface area contributed by atoms with Gasteiger partial charge in [0.15, 0.2) is 0 Å². The normalized spacial score (nSPS) is 17.8. The summed E-state index contributed by atoms with van der Waals surface area (Å²) in [6, 6.07) is 0.536. The zero-order valence-corrected chi connectivity index (χ0v) is 11.9. The predicted octanol–water partition coefficient (Wildman–Crippen LogP) is 1.71. The van der Waals surface area contributed by atoms with Crippen molar-refractivity contribution in [1.29, 1.82) is 0 Å². The van der Waals surface area contributed by atoms with Gasteiger partial charge >= 0.3 is 0 Å². The molecule has 0 amide bonds. The Kier molecular flexibility index (Phi) is 7.20. The molecule has 16 heavy (non-hydrogen) atoms. The highest BCUT2D eigenvalue weighted by atomic mass is 16.3. The van der Waals surface area contributed by atoms with Crippen LogP contribution in [0, 0.1) is 5.92 Å². The third-order valence-corrected chi connectivity index (χ3v) is 3.41. The zero-order chi connectivity index (χ0) is 12.8. The third kappa shape index (κ3) is 5.28. The molecule has 0 aromatic carbocycles. The van der Waals surface area contributed by atoms with Crippen LogP contribution in [0.2, 0.25) is 0 Å². The molecule has 3 nitrogen and oxygen atoms in total. The Balaban J connectivity index is 4.29. The SMILES string of the molecule is CCCNC(C)(CO)CN(C)C(C)C(C)C. The molecule has 0 rings (SSSR count). The monoisotopic (exact) mass is 230 g/mol. The van der Waals surface area contributed by atoms with Crippen molar-refractivity contribution in [2.24, 2.45) is 5.92 Å². The van der Waals surface area contributed by atoms with Gasteiger partial charge in [-0.05, 0) is 39.8 Å². The van der Waals surface area contributed by atoms with Crippen molar-refractivity contribution < 1.29 is 5.11 Å². The minimum Gasteiger partial charge on any atom is -0.394 e. The lowest BCUT2D eigenvalue weighted by molar-refractivity contribution is 0.103. The minimum atomic E-state index is -0.187. The average molecular weight is 230 g/mol. The topological polar surface area (TPSA) is 35.5 Å². The van der Waals surface area contributed by atoms with E-state index in [1.54, 1.807) is 0 Å². The molecule has 0 aliphatic carbocycles. The molecule has 2 atom stereocenters. The molecular formula is C13H30N2O. The predicted molar refractivity (Wildman–Crippen MR) is 70.7 cm³/mol. The second kappa shape index (κ2) is 7.25. The van der Waals surface area contributed by atoms with Crippen LogP contribution >= 0.6 is 0 Å². The molecule has 0 radical (unpaired) electrons. The Hall–Kier alpha value is -0.120. The summed E-state index contributed by atoms with van der Waals surface area (Å²) in [5, 5.41) is 12.9. The summed E-state index contributed by atoms with van der Waals surface area (Å²) in [6.07, 6.45) is 1.10. The molecule has 0 spiro atoms. The molecule has 2 unspecified atom stereocenters. The van der Waals surface area contributed by atoms with Gasteiger partial charge < -0.3 is 15.3 Å². The third-order valence-electron chi connectivity index (χ3n) is 3.41. The van der Waals surface area contributed by atoms with Gasteiger partial charge in [-0.25, -0.2) is 0 Å². The lowest BCUT2D eigenvalue weighted by atomic mass is 9.99. The molecule has 0 aliphatic rings. The second-order valence-electron chi connectivity index (χ2n) is 5.55. The maximum atomic E-state index is 9.49. The Labute approximate surface area is 101 Å². The van der Waals surface area contributed by atoms with Crippen molar-refractivity contribution in [3.8, 4) is 0 Å². The number of likely N-dealkylation sites (N-methyl/N-ethyl adjacent to an activating group) is 1. The molecule has 0 fully saturated rings. The molecule has 0 heterocycles. The molecule has 0 aliphatic heterocycles. The van der Waals surface area contributed by atoms with Gasteiger partial charge in [-0.1, -0.05) is 20.8 Å². The molecule has 0 saturated carbocycles. The van der Waals surface area contributed by atoms with Gasteiger partial charge in [0.2, 0.25) is 0 Å². The maximum Gasteiger partial charge on any atom is 0.0623 e. The van der Waals surface area contributed by atoms with Crippen LogP contribution in [0.15, 0.2) is 0 Å². The highest BCUT2D eigenvalue weighted by Gasteiger charge is 2.26. The van der Waals surface area contributed by atoms with Crippen molar-refractivity contribution in [3.05, 3.63) is 0 Å². The van der Waals surface area contributed by atoms with Crippen LogP contribution < -0.4 is 5.32 Å². The quantitative estimate of drug-likeness (QED) is 0.666. The van der Waals surface area contributed by atoms with Crippen molar-refractivity contribution in [2.75, 3.05) is 26.7 Å². The summed E-state index contributed by atoms with van der Waals surface area (Å²) in [4.78, 5) is 2.32. The average Bonchev–Trinajstić information content (AvgIpc) is 2.25. The lowest BCUT2D eigenvalue weighted by Gasteiger charge is -2.37. The van der Waals surface area contributed by atoms with Crippen molar-refractivity contribution >= 4 is 0 Å². The minimum absolute atomic E-state index is 0.183. The van der Waals surface area contributed by atoms with E-state index < -0.39 is 0 Å². The summed E-state index contributed by atoms with van der Waals surface area (Å²) >= 11 is 0. The van der Waals surface area contributed by atoms with Gasteiger partial charge in [0.1, 0.15) is 0 Å². The highest BCUT2D eigenvalue weighted by Crippen LogP contribution is 2.12. The largest absolute Gasteiger partial charge is 0.394 e. The lowest BCUT2D eigenvalue weighted by Crippen LogP contribution is -2.55. The summed E-state index contributed by atoms with van der Waals surface area (Å²) in [5.74, 6) is 0.638. The fourth-order valence-electron chi connectivity index (χ4n) is 1.79. The van der Waals surface area contributed by atoms with Gasteiger partial charge in [-0.2, -0.15) is 0 Å². The summed E-state index contributed by atoms with van der Waals surface area (Å²) in [5.41, 5.74) is -0.187. The van der Waals surface area contributed by atoms with E-state index in [4.69, 9.17) is 0 Å². The van der Waals surface area contributed by atoms with Gasteiger partial charge in [0.25, 0.3) is 0 Å². The highest BCUT2D eigenvalue weighted by molar-refractivity contribution is 4.86. The zero-order valence-electron chi connectivity index (χ0n) is 11.9. The van der Waals surface area contributed by atoms with Crippen LogP contribution in [0.25, 0.3) is 0 Å². The van der Waals surface area contributed by atoms with Crippen molar-refractivity contribution in [1.82, 2.24) is 10.2 Å². The Morgan fingerprint density at radius 1 is 1.31 bits per heavy atom. The number of nitrogens with zero attached hydrogens (tertiary/aromatic N) is 1. The molecule has 2 N–H and O–H groups in total. The van der Waals surface area contributed by atoms with Crippen LogP contribution in [-0.4, -0.2) is 48.3 Å². The molecule has 0 aromatic rings. The smallest absolute Gasteiger partial charge is 0.0623 e. The van der Waals surface area contributed by atoms with E-state index in [2.05, 4.69) is 51.9 Å². The molecule has 0 saturated heterocycles. The second-order valence-corrected chi connectivity index (χ2v) is 5.55. The first-order valence-electron chi connectivity index (χ1n) is 6.42. The Bertz CT molecular complexity index is 185. The van der Waals surface area contributed by atoms with Crippen LogP contribution in [0.1, 0.15) is 41.0 Å².